The van der Waals surface area contributed by atoms with Crippen LogP contribution in [-0.2, 0) is 13.6 Å². The van der Waals surface area contributed by atoms with Crippen molar-refractivity contribution in [2.75, 3.05) is 18.5 Å². The van der Waals surface area contributed by atoms with Crippen molar-refractivity contribution in [3.63, 3.8) is 0 Å². The van der Waals surface area contributed by atoms with E-state index >= 15 is 0 Å². The van der Waals surface area contributed by atoms with Crippen LogP contribution in [-0.4, -0.2) is 18.1 Å². The summed E-state index contributed by atoms with van der Waals surface area (Å²) in [5.41, 5.74) is 1.11. The van der Waals surface area contributed by atoms with Crippen molar-refractivity contribution >= 4 is 19.0 Å². The molecule has 0 saturated heterocycles. The van der Waals surface area contributed by atoms with E-state index in [4.69, 9.17) is 9.05 Å². The molecule has 25 heavy (non-hydrogen) atoms. The van der Waals surface area contributed by atoms with Crippen molar-refractivity contribution in [1.82, 2.24) is 0 Å². The van der Waals surface area contributed by atoms with Gasteiger partial charge in [-0.1, -0.05) is 36.4 Å². The summed E-state index contributed by atoms with van der Waals surface area (Å²) in [6.07, 6.45) is 0. The molecular weight excluding hydrogens is 343 g/mol. The van der Waals surface area contributed by atoms with Crippen LogP contribution >= 0.6 is 7.60 Å². The molecule has 0 aliphatic heterocycles. The molecule has 0 aliphatic carbocycles. The van der Waals surface area contributed by atoms with Crippen LogP contribution in [0.15, 0.2) is 54.6 Å². The van der Waals surface area contributed by atoms with Crippen molar-refractivity contribution in [2.45, 2.75) is 19.6 Å². The number of anilines is 1. The molecule has 0 heterocycles. The first-order chi connectivity index (χ1) is 12.0. The fraction of sp³-hybridized carbons (Fsp3) is 0.294. The lowest BCUT2D eigenvalue weighted by atomic mass is 10.2. The van der Waals surface area contributed by atoms with Gasteiger partial charge in [0, 0.05) is 17.8 Å². The maximum Gasteiger partial charge on any atom is 0.357 e. The van der Waals surface area contributed by atoms with Gasteiger partial charge in [0.15, 0.2) is 5.78 Å². The van der Waals surface area contributed by atoms with Gasteiger partial charge >= 0.3 is 7.60 Å². The van der Waals surface area contributed by atoms with Gasteiger partial charge < -0.3 is 14.4 Å². The van der Waals surface area contributed by atoms with Crippen molar-refractivity contribution < 1.29 is 18.5 Å². The summed E-state index contributed by atoms with van der Waals surface area (Å²) in [7, 11) is -3.54. The quantitative estimate of drug-likeness (QED) is 0.384. The van der Waals surface area contributed by atoms with Gasteiger partial charge in [-0.2, -0.15) is 0 Å². The molecule has 7 nitrogen and oxygen atoms in total. The molecule has 0 spiro atoms. The summed E-state index contributed by atoms with van der Waals surface area (Å²) in [5.74, 6) is -0.782. The summed E-state index contributed by atoms with van der Waals surface area (Å²) in [4.78, 5) is 10.5. The molecule has 1 N–H and O–H groups in total. The Morgan fingerprint density at radius 1 is 1.08 bits per heavy atom. The average Bonchev–Trinajstić information content (AvgIpc) is 2.61. The van der Waals surface area contributed by atoms with Gasteiger partial charge in [0.25, 0.3) is 5.69 Å². The van der Waals surface area contributed by atoms with Crippen LogP contribution in [0.25, 0.3) is 0 Å². The van der Waals surface area contributed by atoms with E-state index in [1.807, 2.05) is 18.2 Å². The van der Waals surface area contributed by atoms with Crippen molar-refractivity contribution in [2.24, 2.45) is 0 Å². The summed E-state index contributed by atoms with van der Waals surface area (Å²) in [5, 5.41) is 14.1. The van der Waals surface area contributed by atoms with Crippen LogP contribution in [0, 0.1) is 10.1 Å². The molecule has 0 aliphatic rings. The minimum atomic E-state index is -3.54. The Balaban J connectivity index is 2.43. The minimum Gasteiger partial charge on any atom is -0.368 e. The smallest absolute Gasteiger partial charge is 0.357 e. The third-order valence-electron chi connectivity index (χ3n) is 3.41. The Morgan fingerprint density at radius 2 is 1.72 bits per heavy atom. The first kappa shape index (κ1) is 19.1. The van der Waals surface area contributed by atoms with Gasteiger partial charge in [0.2, 0.25) is 0 Å². The highest BCUT2D eigenvalue weighted by atomic mass is 31.2. The molecule has 2 aromatic rings. The largest absolute Gasteiger partial charge is 0.368 e. The van der Waals surface area contributed by atoms with Crippen molar-refractivity contribution in [3.05, 3.63) is 70.3 Å². The second-order valence-electron chi connectivity index (χ2n) is 5.14. The highest BCUT2D eigenvalue weighted by Gasteiger charge is 2.37. The summed E-state index contributed by atoms with van der Waals surface area (Å²) >= 11 is 0. The van der Waals surface area contributed by atoms with E-state index in [1.54, 1.807) is 38.1 Å². The fourth-order valence-corrected chi connectivity index (χ4v) is 4.33. The number of nitrogens with zero attached hydrogens (tertiary/aromatic N) is 1. The predicted octanol–water partition coefficient (Wildman–Crippen LogP) is 4.97. The SMILES string of the molecule is CCOP(=O)(OCC)[C@@H](Nc1cccc([N+](=O)[O-])c1)c1ccccc1. The van der Waals surface area contributed by atoms with Crippen LogP contribution in [0.3, 0.4) is 0 Å². The molecule has 0 fully saturated rings. The standard InChI is InChI=1S/C17H21N2O5P/c1-3-23-25(22,24-4-2)17(14-9-6-5-7-10-14)18-15-11-8-12-16(13-15)19(20)21/h5-13,17-18H,3-4H2,1-2H3/t17-/m1/s1. The number of hydrogen-bond acceptors (Lipinski definition) is 6. The highest BCUT2D eigenvalue weighted by molar-refractivity contribution is 7.54. The van der Waals surface area contributed by atoms with Gasteiger partial charge in [0.1, 0.15) is 0 Å². The highest BCUT2D eigenvalue weighted by Crippen LogP contribution is 2.60. The molecule has 8 heteroatoms. The van der Waals surface area contributed by atoms with Crippen LogP contribution in [0.2, 0.25) is 0 Å². The number of non-ortho nitro benzene ring substituents is 1. The Hall–Kier alpha value is -2.21. The number of hydrogen-bond donors (Lipinski definition) is 1. The maximum absolute atomic E-state index is 13.3. The second-order valence-corrected chi connectivity index (χ2v) is 7.25. The van der Waals surface area contributed by atoms with Crippen LogP contribution in [0.1, 0.15) is 25.2 Å². The predicted molar refractivity (Wildman–Crippen MR) is 96.8 cm³/mol. The topological polar surface area (TPSA) is 90.7 Å². The van der Waals surface area contributed by atoms with Gasteiger partial charge in [-0.3, -0.25) is 14.7 Å². The van der Waals surface area contributed by atoms with Crippen LogP contribution < -0.4 is 5.32 Å². The molecule has 1 atom stereocenters. The van der Waals surface area contributed by atoms with Gasteiger partial charge in [-0.15, -0.1) is 0 Å². The lowest BCUT2D eigenvalue weighted by Gasteiger charge is -2.28. The van der Waals surface area contributed by atoms with E-state index in [2.05, 4.69) is 5.32 Å². The minimum absolute atomic E-state index is 0.0561. The number of benzene rings is 2. The Kier molecular flexibility index (Phi) is 6.70. The summed E-state index contributed by atoms with van der Waals surface area (Å²) in [6.45, 7) is 3.91. The summed E-state index contributed by atoms with van der Waals surface area (Å²) < 4.78 is 24.2. The molecule has 0 saturated carbocycles. The molecule has 2 rings (SSSR count). The number of nitro benzene ring substituents is 1. The molecule has 0 aromatic heterocycles. The third kappa shape index (κ3) is 4.89. The first-order valence-electron chi connectivity index (χ1n) is 7.95. The summed E-state index contributed by atoms with van der Waals surface area (Å²) in [6, 6.07) is 15.1. The zero-order valence-corrected chi connectivity index (χ0v) is 15.0. The van der Waals surface area contributed by atoms with Crippen molar-refractivity contribution in [3.8, 4) is 0 Å². The lowest BCUT2D eigenvalue weighted by Crippen LogP contribution is -2.15. The molecule has 0 radical (unpaired) electrons. The van der Waals surface area contributed by atoms with Gasteiger partial charge in [-0.05, 0) is 25.5 Å². The molecule has 0 unspecified atom stereocenters. The number of nitro groups is 1. The number of rotatable bonds is 9. The normalized spacial score (nSPS) is 12.6. The number of nitrogens with one attached hydrogen (secondary N) is 1. The zero-order valence-electron chi connectivity index (χ0n) is 14.1. The molecule has 2 aromatic carbocycles. The van der Waals surface area contributed by atoms with Crippen molar-refractivity contribution in [1.29, 1.82) is 0 Å². The Labute approximate surface area is 146 Å². The van der Waals surface area contributed by atoms with E-state index in [9.17, 15) is 14.7 Å². The average molecular weight is 364 g/mol. The van der Waals surface area contributed by atoms with E-state index in [0.29, 0.717) is 11.3 Å². The molecule has 134 valence electrons. The Morgan fingerprint density at radius 3 is 2.28 bits per heavy atom. The van der Waals surface area contributed by atoms with Crippen LogP contribution in [0.5, 0.6) is 0 Å². The van der Waals surface area contributed by atoms with E-state index in [-0.39, 0.29) is 18.9 Å². The lowest BCUT2D eigenvalue weighted by molar-refractivity contribution is -0.384. The monoisotopic (exact) mass is 364 g/mol. The molecule has 0 amide bonds. The van der Waals surface area contributed by atoms with Gasteiger partial charge in [-0.25, -0.2) is 0 Å². The van der Waals surface area contributed by atoms with Crippen LogP contribution in [0.4, 0.5) is 11.4 Å². The molecular formula is C17H21N2O5P. The second kappa shape index (κ2) is 8.76. The third-order valence-corrected chi connectivity index (χ3v) is 5.71. The van der Waals surface area contributed by atoms with E-state index < -0.39 is 18.3 Å². The van der Waals surface area contributed by atoms with E-state index in [1.165, 1.54) is 12.1 Å². The zero-order chi connectivity index (χ0) is 18.3. The first-order valence-corrected chi connectivity index (χ1v) is 9.56. The van der Waals surface area contributed by atoms with E-state index in [0.717, 1.165) is 0 Å². The fourth-order valence-electron chi connectivity index (χ4n) is 2.39. The van der Waals surface area contributed by atoms with Gasteiger partial charge in [0.05, 0.1) is 18.1 Å². The Bertz CT molecular complexity index is 744. The maximum atomic E-state index is 13.3. The molecule has 0 bridgehead atoms.